The number of amides is 3. The van der Waals surface area contributed by atoms with Gasteiger partial charge in [0.05, 0.1) is 13.1 Å². The molecule has 5 N–H and O–H groups in total. The fraction of sp³-hybridized carbons (Fsp3) is 0.769. The third-order valence-electron chi connectivity index (χ3n) is 3.79. The lowest BCUT2D eigenvalue weighted by Crippen LogP contribution is -2.49. The summed E-state index contributed by atoms with van der Waals surface area (Å²) < 4.78 is 0. The number of nitrogens with two attached hydrogens (primary N) is 2. The highest BCUT2D eigenvalue weighted by Crippen LogP contribution is 2.17. The van der Waals surface area contributed by atoms with E-state index in [4.69, 9.17) is 11.6 Å². The van der Waals surface area contributed by atoms with Crippen molar-refractivity contribution >= 4 is 17.7 Å². The van der Waals surface area contributed by atoms with Gasteiger partial charge in [-0.25, -0.2) is 5.84 Å². The largest absolute Gasteiger partial charge is 0.369 e. The van der Waals surface area contributed by atoms with Crippen LogP contribution in [0.2, 0.25) is 0 Å². The summed E-state index contributed by atoms with van der Waals surface area (Å²) >= 11 is 0. The average molecular weight is 299 g/mol. The number of hydrogen-bond acceptors (Lipinski definition) is 5. The van der Waals surface area contributed by atoms with Gasteiger partial charge in [0, 0.05) is 25.0 Å². The Morgan fingerprint density at radius 2 is 1.81 bits per heavy atom. The second-order valence-corrected chi connectivity index (χ2v) is 5.63. The molecule has 0 spiro atoms. The predicted octanol–water partition coefficient (Wildman–Crippen LogP) is -1.59. The summed E-state index contributed by atoms with van der Waals surface area (Å²) in [7, 11) is 0. The van der Waals surface area contributed by atoms with Gasteiger partial charge in [-0.2, -0.15) is 0 Å². The molecule has 21 heavy (non-hydrogen) atoms. The molecule has 0 aromatic heterocycles. The molecular formula is C13H25N5O3. The Morgan fingerprint density at radius 3 is 2.24 bits per heavy atom. The summed E-state index contributed by atoms with van der Waals surface area (Å²) in [6.45, 7) is 5.10. The minimum atomic E-state index is -0.449. The van der Waals surface area contributed by atoms with Crippen molar-refractivity contribution in [1.82, 2.24) is 15.2 Å². The summed E-state index contributed by atoms with van der Waals surface area (Å²) in [6, 6.07) is 0.0574. The molecule has 0 aromatic carbocycles. The fourth-order valence-electron chi connectivity index (χ4n) is 2.40. The van der Waals surface area contributed by atoms with Gasteiger partial charge in [0.1, 0.15) is 0 Å². The second-order valence-electron chi connectivity index (χ2n) is 5.63. The first kappa shape index (κ1) is 17.4. The van der Waals surface area contributed by atoms with E-state index in [1.807, 2.05) is 13.8 Å². The zero-order valence-electron chi connectivity index (χ0n) is 12.7. The standard InChI is InChI=1S/C13H25N5O3/c1-9(2)18(7-11(14)19)8-12(20)17-5-3-10(4-6-17)13(21)16-15/h9-10H,3-8,15H2,1-2H3,(H2,14,19)(H,16,21). The van der Waals surface area contributed by atoms with Crippen molar-refractivity contribution in [3.8, 4) is 0 Å². The minimum absolute atomic E-state index is 0.0449. The summed E-state index contributed by atoms with van der Waals surface area (Å²) in [5.74, 6) is 4.30. The van der Waals surface area contributed by atoms with Crippen LogP contribution in [-0.2, 0) is 14.4 Å². The summed E-state index contributed by atoms with van der Waals surface area (Å²) in [4.78, 5) is 38.2. The fourth-order valence-corrected chi connectivity index (χ4v) is 2.40. The molecule has 0 bridgehead atoms. The van der Waals surface area contributed by atoms with Gasteiger partial charge < -0.3 is 10.6 Å². The molecule has 0 aliphatic carbocycles. The van der Waals surface area contributed by atoms with Crippen LogP contribution in [-0.4, -0.2) is 59.7 Å². The van der Waals surface area contributed by atoms with Gasteiger partial charge in [0.25, 0.3) is 0 Å². The highest BCUT2D eigenvalue weighted by molar-refractivity contribution is 5.81. The van der Waals surface area contributed by atoms with E-state index in [1.165, 1.54) is 0 Å². The van der Waals surface area contributed by atoms with Crippen LogP contribution in [0.15, 0.2) is 0 Å². The normalized spacial score (nSPS) is 16.3. The van der Waals surface area contributed by atoms with E-state index in [0.29, 0.717) is 25.9 Å². The number of hydrazine groups is 1. The minimum Gasteiger partial charge on any atom is -0.369 e. The molecule has 0 aromatic rings. The lowest BCUT2D eigenvalue weighted by molar-refractivity contribution is -0.137. The number of nitrogens with zero attached hydrogens (tertiary/aromatic N) is 2. The van der Waals surface area contributed by atoms with E-state index in [1.54, 1.807) is 9.80 Å². The molecule has 1 fully saturated rings. The van der Waals surface area contributed by atoms with Crippen molar-refractivity contribution in [3.63, 3.8) is 0 Å². The smallest absolute Gasteiger partial charge is 0.237 e. The third-order valence-corrected chi connectivity index (χ3v) is 3.79. The van der Waals surface area contributed by atoms with Gasteiger partial charge in [0.15, 0.2) is 0 Å². The SMILES string of the molecule is CC(C)N(CC(N)=O)CC(=O)N1CCC(C(=O)NN)CC1. The molecule has 0 saturated carbocycles. The molecule has 1 rings (SSSR count). The number of primary amides is 1. The van der Waals surface area contributed by atoms with E-state index in [-0.39, 0.29) is 36.9 Å². The Labute approximate surface area is 124 Å². The topological polar surface area (TPSA) is 122 Å². The molecule has 120 valence electrons. The van der Waals surface area contributed by atoms with Crippen molar-refractivity contribution in [2.45, 2.75) is 32.7 Å². The summed E-state index contributed by atoms with van der Waals surface area (Å²) in [6.07, 6.45) is 1.21. The van der Waals surface area contributed by atoms with Crippen molar-refractivity contribution in [2.24, 2.45) is 17.5 Å². The number of nitrogens with one attached hydrogen (secondary N) is 1. The molecule has 8 nitrogen and oxygen atoms in total. The zero-order chi connectivity index (χ0) is 16.0. The van der Waals surface area contributed by atoms with Gasteiger partial charge in [0.2, 0.25) is 17.7 Å². The van der Waals surface area contributed by atoms with Crippen LogP contribution in [0, 0.1) is 5.92 Å². The molecule has 1 aliphatic rings. The van der Waals surface area contributed by atoms with Crippen LogP contribution in [0.3, 0.4) is 0 Å². The summed E-state index contributed by atoms with van der Waals surface area (Å²) in [5, 5.41) is 0. The van der Waals surface area contributed by atoms with Gasteiger partial charge in [-0.05, 0) is 26.7 Å². The average Bonchev–Trinajstić information content (AvgIpc) is 2.45. The van der Waals surface area contributed by atoms with Gasteiger partial charge >= 0.3 is 0 Å². The van der Waals surface area contributed by atoms with Crippen LogP contribution in [0.4, 0.5) is 0 Å². The maximum absolute atomic E-state index is 12.2. The second kappa shape index (κ2) is 7.94. The molecule has 8 heteroatoms. The highest BCUT2D eigenvalue weighted by Gasteiger charge is 2.28. The first-order chi connectivity index (χ1) is 9.85. The predicted molar refractivity (Wildman–Crippen MR) is 77.5 cm³/mol. The molecule has 0 atom stereocenters. The van der Waals surface area contributed by atoms with E-state index >= 15 is 0 Å². The lowest BCUT2D eigenvalue weighted by Gasteiger charge is -2.33. The molecule has 0 unspecified atom stereocenters. The van der Waals surface area contributed by atoms with E-state index in [0.717, 1.165) is 0 Å². The van der Waals surface area contributed by atoms with Crippen molar-refractivity contribution < 1.29 is 14.4 Å². The highest BCUT2D eigenvalue weighted by atomic mass is 16.2. The monoisotopic (exact) mass is 299 g/mol. The van der Waals surface area contributed by atoms with Gasteiger partial charge in [-0.15, -0.1) is 0 Å². The number of hydrogen-bond donors (Lipinski definition) is 3. The quantitative estimate of drug-likeness (QED) is 0.310. The number of likely N-dealkylation sites (tertiary alicyclic amines) is 1. The van der Waals surface area contributed by atoms with E-state index < -0.39 is 5.91 Å². The number of rotatable bonds is 6. The Hall–Kier alpha value is -1.67. The van der Waals surface area contributed by atoms with E-state index in [9.17, 15) is 14.4 Å². The Kier molecular flexibility index (Phi) is 6.57. The van der Waals surface area contributed by atoms with Crippen molar-refractivity contribution in [3.05, 3.63) is 0 Å². The van der Waals surface area contributed by atoms with Crippen molar-refractivity contribution in [1.29, 1.82) is 0 Å². The molecule has 0 radical (unpaired) electrons. The number of carbonyl (C=O) groups is 3. The van der Waals surface area contributed by atoms with Crippen LogP contribution < -0.4 is 17.0 Å². The Bertz CT molecular complexity index is 391. The molecule has 3 amide bonds. The molecular weight excluding hydrogens is 274 g/mol. The maximum Gasteiger partial charge on any atom is 0.237 e. The first-order valence-corrected chi connectivity index (χ1v) is 7.15. The van der Waals surface area contributed by atoms with E-state index in [2.05, 4.69) is 5.43 Å². The lowest BCUT2D eigenvalue weighted by atomic mass is 9.96. The zero-order valence-corrected chi connectivity index (χ0v) is 12.7. The van der Waals surface area contributed by atoms with Gasteiger partial charge in [-0.1, -0.05) is 0 Å². The van der Waals surface area contributed by atoms with Gasteiger partial charge in [-0.3, -0.25) is 24.7 Å². The summed E-state index contributed by atoms with van der Waals surface area (Å²) in [5.41, 5.74) is 7.34. The molecule has 1 heterocycles. The number of piperidine rings is 1. The molecule has 1 saturated heterocycles. The van der Waals surface area contributed by atoms with Crippen molar-refractivity contribution in [2.75, 3.05) is 26.2 Å². The van der Waals surface area contributed by atoms with Crippen LogP contribution in [0.1, 0.15) is 26.7 Å². The van der Waals surface area contributed by atoms with Crippen LogP contribution in [0.25, 0.3) is 0 Å². The first-order valence-electron chi connectivity index (χ1n) is 7.15. The molecule has 1 aliphatic heterocycles. The van der Waals surface area contributed by atoms with Crippen LogP contribution >= 0.6 is 0 Å². The van der Waals surface area contributed by atoms with Crippen LogP contribution in [0.5, 0.6) is 0 Å². The Balaban J connectivity index is 2.49. The number of carbonyl (C=O) groups excluding carboxylic acids is 3. The maximum atomic E-state index is 12.2. The Morgan fingerprint density at radius 1 is 1.24 bits per heavy atom. The third kappa shape index (κ3) is 5.31.